The maximum atomic E-state index is 11.0. The van der Waals surface area contributed by atoms with Crippen molar-refractivity contribution in [1.29, 1.82) is 0 Å². The molecule has 0 saturated carbocycles. The molecule has 1 aromatic rings. The van der Waals surface area contributed by atoms with Crippen LogP contribution < -0.4 is 5.73 Å². The summed E-state index contributed by atoms with van der Waals surface area (Å²) in [6.45, 7) is 1.10. The molecule has 1 heterocycles. The summed E-state index contributed by atoms with van der Waals surface area (Å²) in [6.07, 6.45) is 3.92. The van der Waals surface area contributed by atoms with Gasteiger partial charge < -0.3 is 10.3 Å². The van der Waals surface area contributed by atoms with Crippen molar-refractivity contribution in [2.24, 2.45) is 5.73 Å². The Labute approximate surface area is 84.6 Å². The number of aromatic nitrogens is 1. The lowest BCUT2D eigenvalue weighted by Gasteiger charge is -2.07. The van der Waals surface area contributed by atoms with Gasteiger partial charge in [-0.3, -0.25) is 0 Å². The first-order valence-corrected chi connectivity index (χ1v) is 6.61. The summed E-state index contributed by atoms with van der Waals surface area (Å²) in [5, 5.41) is 0. The van der Waals surface area contributed by atoms with E-state index in [1.54, 1.807) is 0 Å². The van der Waals surface area contributed by atoms with E-state index in [0.717, 1.165) is 12.1 Å². The zero-order valence-electron chi connectivity index (χ0n) is 8.31. The van der Waals surface area contributed by atoms with Gasteiger partial charge in [-0.2, -0.15) is 0 Å². The first-order valence-electron chi connectivity index (χ1n) is 4.55. The second-order valence-electron chi connectivity index (χ2n) is 3.36. The summed E-state index contributed by atoms with van der Waals surface area (Å²) in [4.78, 5) is 0. The molecule has 2 N–H and O–H groups in total. The monoisotopic (exact) mass is 216 g/mol. The van der Waals surface area contributed by atoms with Crippen molar-refractivity contribution >= 4 is 9.84 Å². The van der Waals surface area contributed by atoms with E-state index in [-0.39, 0.29) is 5.75 Å². The molecule has 0 spiro atoms. The number of aryl methyl sites for hydroxylation is 1. The van der Waals surface area contributed by atoms with E-state index in [9.17, 15) is 8.42 Å². The Hall–Kier alpha value is -0.810. The Morgan fingerprint density at radius 1 is 1.50 bits per heavy atom. The molecule has 14 heavy (non-hydrogen) atoms. The van der Waals surface area contributed by atoms with Crippen LogP contribution >= 0.6 is 0 Å². The van der Waals surface area contributed by atoms with Gasteiger partial charge in [-0.25, -0.2) is 8.42 Å². The number of hydrogen-bond donors (Lipinski definition) is 1. The fraction of sp³-hybridized carbons (Fsp3) is 0.556. The molecule has 5 heteroatoms. The SMILES string of the molecule is CS(=O)(=O)CCn1cccc1CCN. The molecule has 80 valence electrons. The third-order valence-electron chi connectivity index (χ3n) is 2.03. The standard InChI is InChI=1S/C9H16N2O2S/c1-14(12,13)8-7-11-6-2-3-9(11)4-5-10/h2-3,6H,4-5,7-8,10H2,1H3. The minimum absolute atomic E-state index is 0.180. The Morgan fingerprint density at radius 2 is 2.21 bits per heavy atom. The predicted octanol–water partition coefficient (Wildman–Crippen LogP) is 0.0339. The molecule has 0 bridgehead atoms. The molecule has 0 atom stereocenters. The van der Waals surface area contributed by atoms with Crippen molar-refractivity contribution in [2.45, 2.75) is 13.0 Å². The van der Waals surface area contributed by atoms with Gasteiger partial charge in [0.15, 0.2) is 0 Å². The Morgan fingerprint density at radius 3 is 2.79 bits per heavy atom. The van der Waals surface area contributed by atoms with Crippen LogP contribution in [0, 0.1) is 0 Å². The third-order valence-corrected chi connectivity index (χ3v) is 2.95. The molecule has 0 aliphatic heterocycles. The summed E-state index contributed by atoms with van der Waals surface area (Å²) in [6, 6.07) is 3.88. The van der Waals surface area contributed by atoms with E-state index < -0.39 is 9.84 Å². The first-order chi connectivity index (χ1) is 6.53. The summed E-state index contributed by atoms with van der Waals surface area (Å²) in [5.74, 6) is 0.180. The molecule has 1 aromatic heterocycles. The molecule has 0 amide bonds. The van der Waals surface area contributed by atoms with Gasteiger partial charge in [-0.1, -0.05) is 0 Å². The lowest BCUT2D eigenvalue weighted by atomic mass is 10.3. The molecule has 4 nitrogen and oxygen atoms in total. The minimum atomic E-state index is -2.88. The lowest BCUT2D eigenvalue weighted by molar-refractivity contribution is 0.592. The summed E-state index contributed by atoms with van der Waals surface area (Å²) in [7, 11) is -2.88. The molecule has 0 unspecified atom stereocenters. The topological polar surface area (TPSA) is 65.1 Å². The second kappa shape index (κ2) is 4.61. The van der Waals surface area contributed by atoms with Crippen LogP contribution in [0.25, 0.3) is 0 Å². The van der Waals surface area contributed by atoms with Crippen molar-refractivity contribution in [3.8, 4) is 0 Å². The highest BCUT2D eigenvalue weighted by atomic mass is 32.2. The van der Waals surface area contributed by atoms with Crippen LogP contribution in [0.2, 0.25) is 0 Å². The van der Waals surface area contributed by atoms with Crippen LogP contribution in [0.5, 0.6) is 0 Å². The van der Waals surface area contributed by atoms with E-state index in [1.165, 1.54) is 6.26 Å². The van der Waals surface area contributed by atoms with E-state index in [4.69, 9.17) is 5.73 Å². The fourth-order valence-corrected chi connectivity index (χ4v) is 1.83. The quantitative estimate of drug-likeness (QED) is 0.755. The van der Waals surface area contributed by atoms with Crippen LogP contribution in [-0.2, 0) is 22.8 Å². The molecular formula is C9H16N2O2S. The van der Waals surface area contributed by atoms with Crippen LogP contribution in [-0.4, -0.2) is 31.5 Å². The van der Waals surface area contributed by atoms with Crippen molar-refractivity contribution in [2.75, 3.05) is 18.6 Å². The van der Waals surface area contributed by atoms with Gasteiger partial charge in [0.25, 0.3) is 0 Å². The van der Waals surface area contributed by atoms with E-state index >= 15 is 0 Å². The smallest absolute Gasteiger partial charge is 0.149 e. The maximum absolute atomic E-state index is 11.0. The highest BCUT2D eigenvalue weighted by Gasteiger charge is 2.04. The van der Waals surface area contributed by atoms with Crippen molar-refractivity contribution in [3.63, 3.8) is 0 Å². The molecule has 0 radical (unpaired) electrons. The summed E-state index contributed by atoms with van der Waals surface area (Å²) in [5.41, 5.74) is 6.53. The van der Waals surface area contributed by atoms with Crippen molar-refractivity contribution in [1.82, 2.24) is 4.57 Å². The van der Waals surface area contributed by atoms with Gasteiger partial charge in [0.1, 0.15) is 9.84 Å². The average Bonchev–Trinajstić information content (AvgIpc) is 2.48. The normalized spacial score (nSPS) is 11.9. The van der Waals surface area contributed by atoms with Gasteiger partial charge in [0.2, 0.25) is 0 Å². The van der Waals surface area contributed by atoms with E-state index in [2.05, 4.69) is 0 Å². The number of sulfone groups is 1. The van der Waals surface area contributed by atoms with Crippen LogP contribution in [0.3, 0.4) is 0 Å². The fourth-order valence-electron chi connectivity index (χ4n) is 1.31. The predicted molar refractivity (Wildman–Crippen MR) is 56.9 cm³/mol. The van der Waals surface area contributed by atoms with Gasteiger partial charge in [-0.05, 0) is 25.1 Å². The molecule has 0 aliphatic carbocycles. The Kier molecular flexibility index (Phi) is 3.71. The highest BCUT2D eigenvalue weighted by Crippen LogP contribution is 2.03. The highest BCUT2D eigenvalue weighted by molar-refractivity contribution is 7.90. The van der Waals surface area contributed by atoms with Crippen molar-refractivity contribution in [3.05, 3.63) is 24.0 Å². The minimum Gasteiger partial charge on any atom is -0.350 e. The molecule has 0 saturated heterocycles. The molecule has 0 aliphatic rings. The number of hydrogen-bond acceptors (Lipinski definition) is 3. The lowest BCUT2D eigenvalue weighted by Crippen LogP contribution is -2.14. The molecular weight excluding hydrogens is 200 g/mol. The maximum Gasteiger partial charge on any atom is 0.149 e. The second-order valence-corrected chi connectivity index (χ2v) is 5.62. The van der Waals surface area contributed by atoms with Gasteiger partial charge in [0, 0.05) is 24.7 Å². The Bertz CT molecular complexity index is 381. The summed E-state index contributed by atoms with van der Waals surface area (Å²) < 4.78 is 23.9. The largest absolute Gasteiger partial charge is 0.350 e. The van der Waals surface area contributed by atoms with Gasteiger partial charge >= 0.3 is 0 Å². The summed E-state index contributed by atoms with van der Waals surface area (Å²) >= 11 is 0. The molecule has 0 aromatic carbocycles. The van der Waals surface area contributed by atoms with Crippen molar-refractivity contribution < 1.29 is 8.42 Å². The molecule has 0 fully saturated rings. The van der Waals surface area contributed by atoms with Gasteiger partial charge in [-0.15, -0.1) is 0 Å². The zero-order chi connectivity index (χ0) is 10.6. The average molecular weight is 216 g/mol. The van der Waals surface area contributed by atoms with Gasteiger partial charge in [0.05, 0.1) is 5.75 Å². The van der Waals surface area contributed by atoms with E-state index in [0.29, 0.717) is 13.1 Å². The first kappa shape index (κ1) is 11.3. The Balaban J connectivity index is 2.62. The number of rotatable bonds is 5. The zero-order valence-corrected chi connectivity index (χ0v) is 9.13. The van der Waals surface area contributed by atoms with E-state index in [1.807, 2.05) is 22.9 Å². The number of nitrogens with zero attached hydrogens (tertiary/aromatic N) is 1. The van der Waals surface area contributed by atoms with Crippen LogP contribution in [0.4, 0.5) is 0 Å². The number of nitrogens with two attached hydrogens (primary N) is 1. The van der Waals surface area contributed by atoms with Crippen LogP contribution in [0.15, 0.2) is 18.3 Å². The van der Waals surface area contributed by atoms with Crippen LogP contribution in [0.1, 0.15) is 5.69 Å². The molecule has 1 rings (SSSR count). The third kappa shape index (κ3) is 3.51.